The largest absolute Gasteiger partial charge is 0.307 e. The van der Waals surface area contributed by atoms with E-state index in [1.165, 1.54) is 77.0 Å². The van der Waals surface area contributed by atoms with Gasteiger partial charge >= 0.3 is 0 Å². The molecule has 0 aliphatic heterocycles. The van der Waals surface area contributed by atoms with E-state index in [9.17, 15) is 0 Å². The van der Waals surface area contributed by atoms with Gasteiger partial charge in [0.25, 0.3) is 0 Å². The van der Waals surface area contributed by atoms with Gasteiger partial charge in [0.2, 0.25) is 0 Å². The predicted octanol–water partition coefficient (Wildman–Crippen LogP) is 9.36. The molecule has 0 saturated heterocycles. The first kappa shape index (κ1) is 42.1. The van der Waals surface area contributed by atoms with Gasteiger partial charge in [0, 0.05) is 21.1 Å². The van der Waals surface area contributed by atoms with E-state index in [0.29, 0.717) is 15.8 Å². The molecule has 0 saturated carbocycles. The maximum atomic E-state index is 8.00. The van der Waals surface area contributed by atoms with Crippen molar-refractivity contribution >= 4 is 29.4 Å². The van der Waals surface area contributed by atoms with Crippen LogP contribution >= 0.6 is 15.8 Å². The number of hydrogen-bond acceptors (Lipinski definition) is 2. The first-order valence-electron chi connectivity index (χ1n) is 12.7. The molecule has 31 heavy (non-hydrogen) atoms. The normalized spacial score (nSPS) is 9.55. The van der Waals surface area contributed by atoms with Crippen LogP contribution in [0.3, 0.4) is 0 Å². The van der Waals surface area contributed by atoms with Crippen LogP contribution in [0.2, 0.25) is 0 Å². The summed E-state index contributed by atoms with van der Waals surface area (Å²) in [5.41, 5.74) is 0. The van der Waals surface area contributed by atoms with Gasteiger partial charge in [0.15, 0.2) is 0 Å². The smallest absolute Gasteiger partial charge is 0.106 e. The number of hydrogen-bond donors (Lipinski definition) is 0. The van der Waals surface area contributed by atoms with Crippen molar-refractivity contribution in [2.24, 2.45) is 0 Å². The van der Waals surface area contributed by atoms with Crippen LogP contribution in [0.5, 0.6) is 0 Å². The van der Waals surface area contributed by atoms with Crippen molar-refractivity contribution in [2.75, 3.05) is 37.0 Å². The third-order valence-electron chi connectivity index (χ3n) is 4.97. The van der Waals surface area contributed by atoms with E-state index in [1.54, 1.807) is 37.0 Å². The molecule has 5 heteroatoms. The molecule has 0 aromatic rings. The summed E-state index contributed by atoms with van der Waals surface area (Å²) in [7, 11) is 0.843. The fraction of sp³-hybridized carbons (Fsp3) is 0.923. The molecule has 0 radical (unpaired) electrons. The predicted molar refractivity (Wildman–Crippen MR) is 147 cm³/mol. The Morgan fingerprint density at radius 3 is 0.613 bits per heavy atom. The molecule has 0 atom stereocenters. The molecule has 0 rings (SSSR count). The number of rotatable bonds is 18. The van der Waals surface area contributed by atoms with Crippen LogP contribution in [0.15, 0.2) is 0 Å². The molecule has 0 aromatic heterocycles. The Kier molecular flexibility index (Phi) is 60.5. The van der Waals surface area contributed by atoms with E-state index in [1.807, 2.05) is 13.6 Å². The van der Waals surface area contributed by atoms with Crippen molar-refractivity contribution in [1.82, 2.24) is 0 Å². The maximum absolute atomic E-state index is 8.00. The van der Waals surface area contributed by atoms with E-state index >= 15 is 0 Å². The molecule has 2 nitrogen and oxygen atoms in total. The average molecular weight is 660 g/mol. The molecular weight excluding hydrogens is 601 g/mol. The zero-order chi connectivity index (χ0) is 23.9. The number of carbonyl (C=O) groups is 2. The number of unbranched alkanes of at least 4 members (excludes halogenated alkanes) is 6. The van der Waals surface area contributed by atoms with Crippen molar-refractivity contribution in [3.05, 3.63) is 0 Å². The number of carbonyl (C=O) groups excluding carboxylic acids is 2. The van der Waals surface area contributed by atoms with Gasteiger partial charge in [-0.15, -0.1) is 15.8 Å². The quantitative estimate of drug-likeness (QED) is 0.138. The van der Waals surface area contributed by atoms with Crippen LogP contribution in [0.25, 0.3) is 0 Å². The Hall–Kier alpha value is 0.888. The van der Waals surface area contributed by atoms with Crippen molar-refractivity contribution in [1.29, 1.82) is 0 Å². The van der Waals surface area contributed by atoms with Crippen molar-refractivity contribution in [2.45, 2.75) is 119 Å². The molecule has 0 unspecified atom stereocenters. The SMILES string of the molecule is C=O.C=O.CCCCP(CCCC)CCCC.CCCCP(CCCC)CCCC.[Pt]. The molecule has 0 heterocycles. The van der Waals surface area contributed by atoms with E-state index < -0.39 is 0 Å². The van der Waals surface area contributed by atoms with Crippen molar-refractivity contribution in [3.63, 3.8) is 0 Å². The van der Waals surface area contributed by atoms with Crippen LogP contribution in [0, 0.1) is 0 Å². The Morgan fingerprint density at radius 2 is 0.516 bits per heavy atom. The minimum absolute atomic E-state index is 0. The van der Waals surface area contributed by atoms with Gasteiger partial charge in [0.05, 0.1) is 0 Å². The molecule has 0 amide bonds. The van der Waals surface area contributed by atoms with Gasteiger partial charge in [-0.25, -0.2) is 0 Å². The average Bonchev–Trinajstić information content (AvgIpc) is 2.81. The molecule has 0 N–H and O–H groups in total. The Morgan fingerprint density at radius 1 is 0.387 bits per heavy atom. The summed E-state index contributed by atoms with van der Waals surface area (Å²) in [4.78, 5) is 16.0. The van der Waals surface area contributed by atoms with Gasteiger partial charge in [-0.3, -0.25) is 0 Å². The fourth-order valence-corrected chi connectivity index (χ4v) is 8.88. The van der Waals surface area contributed by atoms with Crippen molar-refractivity contribution < 1.29 is 30.7 Å². The Labute approximate surface area is 215 Å². The fourth-order valence-electron chi connectivity index (χ4n) is 2.96. The van der Waals surface area contributed by atoms with Crippen LogP contribution in [-0.4, -0.2) is 50.5 Å². The van der Waals surface area contributed by atoms with Crippen LogP contribution in [0.4, 0.5) is 0 Å². The second-order valence-corrected chi connectivity index (χ2v) is 13.2. The summed E-state index contributed by atoms with van der Waals surface area (Å²) >= 11 is 0. The van der Waals surface area contributed by atoms with Crippen LogP contribution in [0.1, 0.15) is 119 Å². The summed E-state index contributed by atoms with van der Waals surface area (Å²) in [6, 6.07) is 0. The zero-order valence-electron chi connectivity index (χ0n) is 22.2. The summed E-state index contributed by atoms with van der Waals surface area (Å²) in [5.74, 6) is 0. The van der Waals surface area contributed by atoms with Gasteiger partial charge in [-0.05, 0) is 75.5 Å². The minimum atomic E-state index is 0. The molecule has 0 spiro atoms. The first-order chi connectivity index (χ1) is 14.7. The van der Waals surface area contributed by atoms with Gasteiger partial charge in [-0.1, -0.05) is 80.1 Å². The standard InChI is InChI=1S/2C12H27P.2CH2O.Pt/c2*1-4-7-10-13(11-8-5-2)12-9-6-3;2*1-2;/h2*4-12H2,1-3H3;2*1H2;. The molecule has 0 fully saturated rings. The van der Waals surface area contributed by atoms with Crippen molar-refractivity contribution in [3.8, 4) is 0 Å². The first-order valence-corrected chi connectivity index (χ1v) is 16.5. The molecule has 0 aliphatic rings. The summed E-state index contributed by atoms with van der Waals surface area (Å²) < 4.78 is 0. The third kappa shape index (κ3) is 41.6. The van der Waals surface area contributed by atoms with Gasteiger partial charge in [0.1, 0.15) is 13.6 Å². The second kappa shape index (κ2) is 44.5. The second-order valence-electron chi connectivity index (χ2n) is 7.80. The molecule has 0 bridgehead atoms. The summed E-state index contributed by atoms with van der Waals surface area (Å²) in [5, 5.41) is 0. The summed E-state index contributed by atoms with van der Waals surface area (Å²) in [6.07, 6.45) is 26.4. The van der Waals surface area contributed by atoms with E-state index in [-0.39, 0.29) is 21.1 Å². The minimum Gasteiger partial charge on any atom is -0.307 e. The van der Waals surface area contributed by atoms with E-state index in [0.717, 1.165) is 0 Å². The third-order valence-corrected chi connectivity index (χ3v) is 10.7. The van der Waals surface area contributed by atoms with Crippen LogP contribution < -0.4 is 0 Å². The van der Waals surface area contributed by atoms with Crippen LogP contribution in [-0.2, 0) is 30.7 Å². The van der Waals surface area contributed by atoms with E-state index in [2.05, 4.69) is 41.5 Å². The Balaban J connectivity index is -0.000000122. The summed E-state index contributed by atoms with van der Waals surface area (Å²) in [6.45, 7) is 17.9. The molecule has 0 aromatic carbocycles. The monoisotopic (exact) mass is 659 g/mol. The maximum Gasteiger partial charge on any atom is 0.106 e. The van der Waals surface area contributed by atoms with Gasteiger partial charge in [-0.2, -0.15) is 0 Å². The topological polar surface area (TPSA) is 34.1 Å². The molecule has 0 aliphatic carbocycles. The Bertz CT molecular complexity index is 208. The van der Waals surface area contributed by atoms with Gasteiger partial charge < -0.3 is 9.59 Å². The molecule has 194 valence electrons. The van der Waals surface area contributed by atoms with E-state index in [4.69, 9.17) is 9.59 Å². The molecular formula is C26H58O2P2Pt. The zero-order valence-corrected chi connectivity index (χ0v) is 26.2.